The zero-order valence-electron chi connectivity index (χ0n) is 7.85. The van der Waals surface area contributed by atoms with Crippen molar-refractivity contribution in [3.05, 3.63) is 0 Å². The van der Waals surface area contributed by atoms with Crippen LogP contribution in [-0.2, 0) is 9.53 Å². The lowest BCUT2D eigenvalue weighted by molar-refractivity contribution is -0.122. The number of carbonyl (C=O) groups excluding carboxylic acids is 1. The van der Waals surface area contributed by atoms with E-state index in [1.54, 1.807) is 0 Å². The minimum atomic E-state index is -0.0624. The molecule has 0 saturated carbocycles. The van der Waals surface area contributed by atoms with Crippen LogP contribution in [0, 0.1) is 0 Å². The maximum Gasteiger partial charge on any atom is 0.220 e. The van der Waals surface area contributed by atoms with Crippen molar-refractivity contribution in [2.24, 2.45) is 0 Å². The summed E-state index contributed by atoms with van der Waals surface area (Å²) in [5.74, 6) is 0.127. The Morgan fingerprint density at radius 2 is 2.33 bits per heavy atom. The minimum Gasteiger partial charge on any atom is -0.379 e. The molecule has 1 fully saturated rings. The SMILES string of the molecule is CCC(=O)NC1(CC)CCOC1. The molecule has 0 aliphatic carbocycles. The molecule has 1 N–H and O–H groups in total. The molecule has 70 valence electrons. The topological polar surface area (TPSA) is 38.3 Å². The standard InChI is InChI=1S/C9H17NO2/c1-3-8(11)10-9(4-2)5-6-12-7-9/h3-7H2,1-2H3,(H,10,11). The zero-order chi connectivity index (χ0) is 9.03. The van der Waals surface area contributed by atoms with E-state index in [0.717, 1.165) is 19.4 Å². The van der Waals surface area contributed by atoms with E-state index in [9.17, 15) is 4.79 Å². The first kappa shape index (κ1) is 9.52. The summed E-state index contributed by atoms with van der Waals surface area (Å²) < 4.78 is 5.28. The highest BCUT2D eigenvalue weighted by molar-refractivity contribution is 5.76. The molecule has 3 nitrogen and oxygen atoms in total. The lowest BCUT2D eigenvalue weighted by Crippen LogP contribution is -2.48. The van der Waals surface area contributed by atoms with E-state index in [1.165, 1.54) is 0 Å². The Bertz CT molecular complexity index is 162. The molecule has 3 heteroatoms. The molecule has 1 amide bonds. The lowest BCUT2D eigenvalue weighted by Gasteiger charge is -2.26. The summed E-state index contributed by atoms with van der Waals surface area (Å²) in [6.07, 6.45) is 2.47. The van der Waals surface area contributed by atoms with Crippen molar-refractivity contribution < 1.29 is 9.53 Å². The number of nitrogens with one attached hydrogen (secondary N) is 1. The smallest absolute Gasteiger partial charge is 0.220 e. The summed E-state index contributed by atoms with van der Waals surface area (Å²) >= 11 is 0. The molecule has 0 aromatic carbocycles. The van der Waals surface area contributed by atoms with Gasteiger partial charge in [0.05, 0.1) is 12.1 Å². The van der Waals surface area contributed by atoms with Gasteiger partial charge < -0.3 is 10.1 Å². The summed E-state index contributed by atoms with van der Waals surface area (Å²) in [5, 5.41) is 3.03. The molecule has 1 atom stereocenters. The first-order valence-electron chi connectivity index (χ1n) is 4.61. The zero-order valence-corrected chi connectivity index (χ0v) is 7.85. The summed E-state index contributed by atoms with van der Waals surface area (Å²) in [6, 6.07) is 0. The van der Waals surface area contributed by atoms with Crippen LogP contribution in [-0.4, -0.2) is 24.7 Å². The highest BCUT2D eigenvalue weighted by Crippen LogP contribution is 2.21. The fraction of sp³-hybridized carbons (Fsp3) is 0.889. The van der Waals surface area contributed by atoms with Gasteiger partial charge in [-0.1, -0.05) is 13.8 Å². The molecule has 1 rings (SSSR count). The van der Waals surface area contributed by atoms with Crippen molar-refractivity contribution in [1.82, 2.24) is 5.32 Å². The number of hydrogen-bond acceptors (Lipinski definition) is 2. The maximum absolute atomic E-state index is 11.2. The molecule has 0 spiro atoms. The maximum atomic E-state index is 11.2. The average Bonchev–Trinajstić information content (AvgIpc) is 2.54. The van der Waals surface area contributed by atoms with Crippen LogP contribution in [0.2, 0.25) is 0 Å². The fourth-order valence-corrected chi connectivity index (χ4v) is 1.46. The molecule has 1 unspecified atom stereocenters. The number of ether oxygens (including phenoxy) is 1. The third kappa shape index (κ3) is 1.97. The summed E-state index contributed by atoms with van der Waals surface area (Å²) in [5.41, 5.74) is -0.0624. The Morgan fingerprint density at radius 3 is 2.75 bits per heavy atom. The van der Waals surface area contributed by atoms with E-state index in [2.05, 4.69) is 12.2 Å². The first-order chi connectivity index (χ1) is 5.72. The van der Waals surface area contributed by atoms with Crippen molar-refractivity contribution in [3.8, 4) is 0 Å². The predicted molar refractivity (Wildman–Crippen MR) is 46.9 cm³/mol. The second kappa shape index (κ2) is 3.90. The predicted octanol–water partition coefficient (Wildman–Crippen LogP) is 1.08. The van der Waals surface area contributed by atoms with Gasteiger partial charge in [-0.2, -0.15) is 0 Å². The van der Waals surface area contributed by atoms with Crippen LogP contribution in [0.1, 0.15) is 33.1 Å². The van der Waals surface area contributed by atoms with Crippen LogP contribution < -0.4 is 5.32 Å². The first-order valence-corrected chi connectivity index (χ1v) is 4.61. The summed E-state index contributed by atoms with van der Waals surface area (Å²) in [4.78, 5) is 11.2. The van der Waals surface area contributed by atoms with E-state index in [0.29, 0.717) is 13.0 Å². The van der Waals surface area contributed by atoms with Crippen LogP contribution in [0.5, 0.6) is 0 Å². The molecule has 0 aromatic rings. The molecular weight excluding hydrogens is 154 g/mol. The van der Waals surface area contributed by atoms with Crippen molar-refractivity contribution in [2.75, 3.05) is 13.2 Å². The van der Waals surface area contributed by atoms with Gasteiger partial charge in [-0.15, -0.1) is 0 Å². The number of hydrogen-bond donors (Lipinski definition) is 1. The van der Waals surface area contributed by atoms with Crippen LogP contribution in [0.4, 0.5) is 0 Å². The molecule has 0 radical (unpaired) electrons. The summed E-state index contributed by atoms with van der Waals surface area (Å²) in [6.45, 7) is 5.41. The second-order valence-electron chi connectivity index (χ2n) is 3.34. The lowest BCUT2D eigenvalue weighted by atomic mass is 9.95. The number of rotatable bonds is 3. The van der Waals surface area contributed by atoms with Gasteiger partial charge in [-0.3, -0.25) is 4.79 Å². The number of carbonyl (C=O) groups is 1. The molecule has 1 heterocycles. The van der Waals surface area contributed by atoms with Gasteiger partial charge in [0, 0.05) is 13.0 Å². The average molecular weight is 171 g/mol. The third-order valence-corrected chi connectivity index (χ3v) is 2.51. The Kier molecular flexibility index (Phi) is 3.09. The van der Waals surface area contributed by atoms with E-state index in [4.69, 9.17) is 4.74 Å². The van der Waals surface area contributed by atoms with Crippen molar-refractivity contribution in [2.45, 2.75) is 38.6 Å². The Balaban J connectivity index is 2.49. The van der Waals surface area contributed by atoms with Crippen molar-refractivity contribution >= 4 is 5.91 Å². The van der Waals surface area contributed by atoms with Crippen molar-refractivity contribution in [3.63, 3.8) is 0 Å². The number of amides is 1. The Hall–Kier alpha value is -0.570. The molecular formula is C9H17NO2. The highest BCUT2D eigenvalue weighted by atomic mass is 16.5. The minimum absolute atomic E-state index is 0.0624. The second-order valence-corrected chi connectivity index (χ2v) is 3.34. The highest BCUT2D eigenvalue weighted by Gasteiger charge is 2.33. The van der Waals surface area contributed by atoms with Crippen LogP contribution in [0.3, 0.4) is 0 Å². The van der Waals surface area contributed by atoms with Gasteiger partial charge in [0.15, 0.2) is 0 Å². The van der Waals surface area contributed by atoms with Gasteiger partial charge in [-0.05, 0) is 12.8 Å². The van der Waals surface area contributed by atoms with E-state index in [-0.39, 0.29) is 11.4 Å². The molecule has 1 saturated heterocycles. The van der Waals surface area contributed by atoms with Crippen LogP contribution >= 0.6 is 0 Å². The van der Waals surface area contributed by atoms with Gasteiger partial charge in [0.2, 0.25) is 5.91 Å². The Morgan fingerprint density at radius 1 is 1.58 bits per heavy atom. The van der Waals surface area contributed by atoms with Crippen LogP contribution in [0.15, 0.2) is 0 Å². The largest absolute Gasteiger partial charge is 0.379 e. The molecule has 1 aliphatic rings. The molecule has 12 heavy (non-hydrogen) atoms. The normalized spacial score (nSPS) is 28.8. The molecule has 0 bridgehead atoms. The Labute approximate surface area is 73.5 Å². The van der Waals surface area contributed by atoms with Crippen molar-refractivity contribution in [1.29, 1.82) is 0 Å². The molecule has 0 aromatic heterocycles. The van der Waals surface area contributed by atoms with Gasteiger partial charge in [0.1, 0.15) is 0 Å². The summed E-state index contributed by atoms with van der Waals surface area (Å²) in [7, 11) is 0. The molecule has 1 aliphatic heterocycles. The van der Waals surface area contributed by atoms with E-state index in [1.807, 2.05) is 6.92 Å². The fourth-order valence-electron chi connectivity index (χ4n) is 1.46. The van der Waals surface area contributed by atoms with E-state index >= 15 is 0 Å². The quantitative estimate of drug-likeness (QED) is 0.690. The van der Waals surface area contributed by atoms with Gasteiger partial charge in [0.25, 0.3) is 0 Å². The monoisotopic (exact) mass is 171 g/mol. The third-order valence-electron chi connectivity index (χ3n) is 2.51. The van der Waals surface area contributed by atoms with Gasteiger partial charge >= 0.3 is 0 Å². The van der Waals surface area contributed by atoms with Crippen LogP contribution in [0.25, 0.3) is 0 Å². The van der Waals surface area contributed by atoms with Gasteiger partial charge in [-0.25, -0.2) is 0 Å². The van der Waals surface area contributed by atoms with E-state index < -0.39 is 0 Å².